The highest BCUT2D eigenvalue weighted by Gasteiger charge is 2.28. The van der Waals surface area contributed by atoms with Crippen LogP contribution in [-0.2, 0) is 11.2 Å². The zero-order chi connectivity index (χ0) is 15.7. The molecule has 2 N–H and O–H groups in total. The van der Waals surface area contributed by atoms with Gasteiger partial charge in [-0.05, 0) is 37.1 Å². The number of fused-ring (bicyclic) bond motifs is 1. The van der Waals surface area contributed by atoms with Crippen LogP contribution in [0, 0.1) is 13.8 Å². The normalized spacial score (nSPS) is 16.6. The van der Waals surface area contributed by atoms with Crippen LogP contribution >= 0.6 is 0 Å². The number of aryl methyl sites for hydroxylation is 2. The summed E-state index contributed by atoms with van der Waals surface area (Å²) in [6.07, 6.45) is 0.513. The molecule has 0 bridgehead atoms. The fourth-order valence-electron chi connectivity index (χ4n) is 2.76. The number of rotatable bonds is 2. The first-order valence-electron chi connectivity index (χ1n) is 7.31. The van der Waals surface area contributed by atoms with E-state index in [2.05, 4.69) is 10.6 Å². The van der Waals surface area contributed by atoms with Gasteiger partial charge in [-0.25, -0.2) is 0 Å². The number of hydrogen-bond acceptors (Lipinski definition) is 2. The molecule has 1 heterocycles. The van der Waals surface area contributed by atoms with Crippen LogP contribution in [0.15, 0.2) is 42.5 Å². The Labute approximate surface area is 129 Å². The highest BCUT2D eigenvalue weighted by atomic mass is 16.2. The third-order valence-corrected chi connectivity index (χ3v) is 3.95. The van der Waals surface area contributed by atoms with E-state index in [-0.39, 0.29) is 11.8 Å². The summed E-state index contributed by atoms with van der Waals surface area (Å²) in [4.78, 5) is 24.5. The number of hydrogen-bond donors (Lipinski definition) is 2. The molecule has 2 aromatic rings. The molecule has 0 aromatic heterocycles. The van der Waals surface area contributed by atoms with Crippen molar-refractivity contribution in [2.75, 3.05) is 5.32 Å². The van der Waals surface area contributed by atoms with Crippen molar-refractivity contribution in [1.82, 2.24) is 5.32 Å². The van der Waals surface area contributed by atoms with Gasteiger partial charge in [-0.2, -0.15) is 0 Å². The van der Waals surface area contributed by atoms with Gasteiger partial charge in [-0.1, -0.05) is 35.9 Å². The minimum atomic E-state index is -0.539. The van der Waals surface area contributed by atoms with E-state index in [1.807, 2.05) is 50.2 Å². The lowest BCUT2D eigenvalue weighted by atomic mass is 9.95. The van der Waals surface area contributed by atoms with Gasteiger partial charge in [0.25, 0.3) is 5.91 Å². The van der Waals surface area contributed by atoms with E-state index in [1.165, 1.54) is 0 Å². The first kappa shape index (κ1) is 14.3. The third kappa shape index (κ3) is 2.72. The Hall–Kier alpha value is -2.62. The summed E-state index contributed by atoms with van der Waals surface area (Å²) in [5.74, 6) is -0.377. The van der Waals surface area contributed by atoms with Crippen molar-refractivity contribution >= 4 is 17.5 Å². The molecule has 22 heavy (non-hydrogen) atoms. The zero-order valence-electron chi connectivity index (χ0n) is 12.6. The smallest absolute Gasteiger partial charge is 0.252 e. The lowest BCUT2D eigenvalue weighted by Crippen LogP contribution is -2.48. The number of carbonyl (C=O) groups excluding carboxylic acids is 2. The maximum atomic E-state index is 12.4. The van der Waals surface area contributed by atoms with Gasteiger partial charge in [0.2, 0.25) is 5.91 Å². The van der Waals surface area contributed by atoms with Crippen LogP contribution in [0.5, 0.6) is 0 Å². The van der Waals surface area contributed by atoms with Crippen LogP contribution in [0.2, 0.25) is 0 Å². The van der Waals surface area contributed by atoms with E-state index in [9.17, 15) is 9.59 Å². The first-order chi connectivity index (χ1) is 10.5. The summed E-state index contributed by atoms with van der Waals surface area (Å²) < 4.78 is 0. The highest BCUT2D eigenvalue weighted by molar-refractivity contribution is 6.04. The molecule has 2 aromatic carbocycles. The first-order valence-corrected chi connectivity index (χ1v) is 7.31. The number of nitrogens with one attached hydrogen (secondary N) is 2. The molecule has 1 aliphatic heterocycles. The SMILES string of the molecule is Cc1ccc(NC(=O)C2Cc3ccccc3C(=O)N2)c(C)c1. The number of amides is 2. The summed E-state index contributed by atoms with van der Waals surface area (Å²) in [7, 11) is 0. The second-order valence-corrected chi connectivity index (χ2v) is 5.69. The molecule has 0 saturated carbocycles. The molecular formula is C18H18N2O2. The number of carbonyl (C=O) groups is 2. The third-order valence-electron chi connectivity index (χ3n) is 3.95. The van der Waals surface area contributed by atoms with Gasteiger partial charge in [0, 0.05) is 17.7 Å². The number of benzene rings is 2. The molecule has 1 atom stereocenters. The van der Waals surface area contributed by atoms with Gasteiger partial charge in [-0.15, -0.1) is 0 Å². The molecule has 112 valence electrons. The molecule has 0 radical (unpaired) electrons. The minimum absolute atomic E-state index is 0.185. The van der Waals surface area contributed by atoms with Gasteiger partial charge >= 0.3 is 0 Å². The largest absolute Gasteiger partial charge is 0.340 e. The quantitative estimate of drug-likeness (QED) is 0.894. The predicted octanol–water partition coefficient (Wildman–Crippen LogP) is 2.60. The Kier molecular flexibility index (Phi) is 3.67. The minimum Gasteiger partial charge on any atom is -0.340 e. The van der Waals surface area contributed by atoms with Crippen molar-refractivity contribution in [2.45, 2.75) is 26.3 Å². The highest BCUT2D eigenvalue weighted by Crippen LogP contribution is 2.19. The molecule has 0 spiro atoms. The fourth-order valence-corrected chi connectivity index (χ4v) is 2.76. The van der Waals surface area contributed by atoms with Crippen molar-refractivity contribution in [2.24, 2.45) is 0 Å². The van der Waals surface area contributed by atoms with Crippen LogP contribution in [0.1, 0.15) is 27.0 Å². The van der Waals surface area contributed by atoms with Crippen LogP contribution in [-0.4, -0.2) is 17.9 Å². The van der Waals surface area contributed by atoms with Gasteiger partial charge in [-0.3, -0.25) is 9.59 Å². The lowest BCUT2D eigenvalue weighted by molar-refractivity contribution is -0.118. The predicted molar refractivity (Wildman–Crippen MR) is 85.9 cm³/mol. The van der Waals surface area contributed by atoms with Crippen LogP contribution in [0.4, 0.5) is 5.69 Å². The van der Waals surface area contributed by atoms with E-state index >= 15 is 0 Å². The van der Waals surface area contributed by atoms with E-state index in [0.29, 0.717) is 12.0 Å². The van der Waals surface area contributed by atoms with Gasteiger partial charge in [0.1, 0.15) is 6.04 Å². The van der Waals surface area contributed by atoms with Crippen LogP contribution in [0.25, 0.3) is 0 Å². The molecule has 3 rings (SSSR count). The molecule has 4 nitrogen and oxygen atoms in total. The van der Waals surface area contributed by atoms with E-state index in [0.717, 1.165) is 22.4 Å². The monoisotopic (exact) mass is 294 g/mol. The average Bonchev–Trinajstić information content (AvgIpc) is 2.50. The maximum Gasteiger partial charge on any atom is 0.252 e. The van der Waals surface area contributed by atoms with E-state index in [4.69, 9.17) is 0 Å². The standard InChI is InChI=1S/C18H18N2O2/c1-11-7-8-15(12(2)9-11)19-18(22)16-10-13-5-3-4-6-14(13)17(21)20-16/h3-9,16H,10H2,1-2H3,(H,19,22)(H,20,21). The topological polar surface area (TPSA) is 58.2 Å². The number of anilines is 1. The molecule has 0 fully saturated rings. The summed E-state index contributed by atoms with van der Waals surface area (Å²) in [6, 6.07) is 12.7. The summed E-state index contributed by atoms with van der Waals surface area (Å²) in [5.41, 5.74) is 4.50. The molecule has 4 heteroatoms. The van der Waals surface area contributed by atoms with Gasteiger partial charge in [0.05, 0.1) is 0 Å². The molecule has 0 aliphatic carbocycles. The maximum absolute atomic E-state index is 12.4. The molecule has 1 aliphatic rings. The summed E-state index contributed by atoms with van der Waals surface area (Å²) in [5, 5.41) is 5.68. The molecule has 1 unspecified atom stereocenters. The molecule has 0 saturated heterocycles. The second kappa shape index (κ2) is 5.64. The molecular weight excluding hydrogens is 276 g/mol. The average molecular weight is 294 g/mol. The van der Waals surface area contributed by atoms with Crippen molar-refractivity contribution in [3.63, 3.8) is 0 Å². The zero-order valence-corrected chi connectivity index (χ0v) is 12.6. The Morgan fingerprint density at radius 3 is 2.73 bits per heavy atom. The molecule has 2 amide bonds. The van der Waals surface area contributed by atoms with Crippen molar-refractivity contribution in [3.05, 3.63) is 64.7 Å². The van der Waals surface area contributed by atoms with Crippen molar-refractivity contribution in [1.29, 1.82) is 0 Å². The summed E-state index contributed by atoms with van der Waals surface area (Å²) >= 11 is 0. The van der Waals surface area contributed by atoms with Gasteiger partial charge in [0.15, 0.2) is 0 Å². The van der Waals surface area contributed by atoms with E-state index in [1.54, 1.807) is 6.07 Å². The Balaban J connectivity index is 1.78. The van der Waals surface area contributed by atoms with Gasteiger partial charge < -0.3 is 10.6 Å². The van der Waals surface area contributed by atoms with Crippen LogP contribution < -0.4 is 10.6 Å². The Morgan fingerprint density at radius 2 is 1.95 bits per heavy atom. The Morgan fingerprint density at radius 1 is 1.18 bits per heavy atom. The lowest BCUT2D eigenvalue weighted by Gasteiger charge is -2.25. The van der Waals surface area contributed by atoms with E-state index < -0.39 is 6.04 Å². The van der Waals surface area contributed by atoms with Crippen LogP contribution in [0.3, 0.4) is 0 Å². The van der Waals surface area contributed by atoms with Crippen molar-refractivity contribution < 1.29 is 9.59 Å². The second-order valence-electron chi connectivity index (χ2n) is 5.69. The fraction of sp³-hybridized carbons (Fsp3) is 0.222. The summed E-state index contributed by atoms with van der Waals surface area (Å²) in [6.45, 7) is 3.97. The Bertz CT molecular complexity index is 753. The van der Waals surface area contributed by atoms with Crippen molar-refractivity contribution in [3.8, 4) is 0 Å².